The number of para-hydroxylation sites is 1. The number of ether oxygens (including phenoxy) is 1. The molecule has 0 aliphatic carbocycles. The van der Waals surface area contributed by atoms with Gasteiger partial charge >= 0.3 is 5.97 Å². The molecule has 0 spiro atoms. The summed E-state index contributed by atoms with van der Waals surface area (Å²) < 4.78 is 5.29. The molecule has 0 radical (unpaired) electrons. The van der Waals surface area contributed by atoms with Crippen LogP contribution >= 0.6 is 23.1 Å². The van der Waals surface area contributed by atoms with E-state index in [0.717, 1.165) is 28.2 Å². The lowest BCUT2D eigenvalue weighted by Gasteiger charge is -2.18. The minimum Gasteiger partial charge on any atom is -0.462 e. The fourth-order valence-corrected chi connectivity index (χ4v) is 6.47. The molecule has 8 nitrogen and oxygen atoms in total. The molecular formula is C33H33N3O5S2. The van der Waals surface area contributed by atoms with E-state index < -0.39 is 17.1 Å². The summed E-state index contributed by atoms with van der Waals surface area (Å²) in [5, 5.41) is 8.19. The number of rotatable bonds is 12. The van der Waals surface area contributed by atoms with E-state index >= 15 is 0 Å². The Morgan fingerprint density at radius 1 is 0.837 bits per heavy atom. The zero-order chi connectivity index (χ0) is 30.8. The van der Waals surface area contributed by atoms with Crippen LogP contribution in [0, 0.1) is 6.92 Å². The van der Waals surface area contributed by atoms with E-state index in [1.165, 1.54) is 11.8 Å². The Labute approximate surface area is 259 Å². The molecule has 0 saturated heterocycles. The number of esters is 1. The van der Waals surface area contributed by atoms with Crippen molar-refractivity contribution in [2.24, 2.45) is 0 Å². The lowest BCUT2D eigenvalue weighted by molar-refractivity contribution is -0.116. The molecule has 1 aromatic heterocycles. The molecule has 1 atom stereocenters. The van der Waals surface area contributed by atoms with Crippen LogP contribution < -0.4 is 16.0 Å². The van der Waals surface area contributed by atoms with Gasteiger partial charge in [-0.25, -0.2) is 4.79 Å². The molecule has 0 fully saturated rings. The number of carbonyl (C=O) groups excluding carboxylic acids is 4. The number of thioether (sulfide) groups is 1. The van der Waals surface area contributed by atoms with Crippen molar-refractivity contribution < 1.29 is 23.9 Å². The van der Waals surface area contributed by atoms with Gasteiger partial charge in [-0.3, -0.25) is 14.4 Å². The molecule has 1 unspecified atom stereocenters. The van der Waals surface area contributed by atoms with E-state index in [-0.39, 0.29) is 29.0 Å². The van der Waals surface area contributed by atoms with Crippen molar-refractivity contribution in [2.45, 2.75) is 43.8 Å². The second kappa shape index (κ2) is 15.2. The molecule has 4 rings (SSSR count). The first-order valence-corrected chi connectivity index (χ1v) is 15.6. The van der Waals surface area contributed by atoms with Crippen molar-refractivity contribution in [2.75, 3.05) is 22.6 Å². The van der Waals surface area contributed by atoms with Gasteiger partial charge in [0.2, 0.25) is 11.8 Å². The summed E-state index contributed by atoms with van der Waals surface area (Å²) in [6.07, 6.45) is 1.16. The van der Waals surface area contributed by atoms with Crippen LogP contribution in [0.3, 0.4) is 0 Å². The molecule has 3 aromatic carbocycles. The Kier molecular flexibility index (Phi) is 11.1. The van der Waals surface area contributed by atoms with E-state index in [2.05, 4.69) is 16.0 Å². The molecule has 43 heavy (non-hydrogen) atoms. The highest BCUT2D eigenvalue weighted by Crippen LogP contribution is 2.40. The minimum absolute atomic E-state index is 0.0753. The van der Waals surface area contributed by atoms with Gasteiger partial charge in [-0.05, 0) is 61.7 Å². The average Bonchev–Trinajstić information content (AvgIpc) is 3.32. The summed E-state index contributed by atoms with van der Waals surface area (Å²) >= 11 is 2.34. The van der Waals surface area contributed by atoms with Crippen molar-refractivity contribution in [3.63, 3.8) is 0 Å². The number of nitrogens with one attached hydrogen (secondary N) is 3. The summed E-state index contributed by atoms with van der Waals surface area (Å²) in [6.45, 7) is 5.44. The van der Waals surface area contributed by atoms with Gasteiger partial charge in [0, 0.05) is 22.7 Å². The van der Waals surface area contributed by atoms with Crippen LogP contribution in [0.2, 0.25) is 0 Å². The third-order valence-electron chi connectivity index (χ3n) is 6.29. The Hall–Kier alpha value is -4.41. The zero-order valence-corrected chi connectivity index (χ0v) is 25.8. The Morgan fingerprint density at radius 2 is 1.51 bits per heavy atom. The molecule has 0 saturated carbocycles. The molecular weight excluding hydrogens is 583 g/mol. The first-order valence-electron chi connectivity index (χ1n) is 13.9. The van der Waals surface area contributed by atoms with Crippen LogP contribution in [0.4, 0.5) is 16.4 Å². The number of anilines is 3. The molecule has 0 aliphatic heterocycles. The van der Waals surface area contributed by atoms with E-state index in [1.807, 2.05) is 73.7 Å². The maximum atomic E-state index is 13.9. The number of hydrogen-bond donors (Lipinski definition) is 3. The maximum Gasteiger partial charge on any atom is 0.341 e. The van der Waals surface area contributed by atoms with Gasteiger partial charge < -0.3 is 20.7 Å². The summed E-state index contributed by atoms with van der Waals surface area (Å²) in [4.78, 5) is 53.4. The Morgan fingerprint density at radius 3 is 2.19 bits per heavy atom. The van der Waals surface area contributed by atoms with Gasteiger partial charge in [0.1, 0.15) is 10.3 Å². The quantitative estimate of drug-likeness (QED) is 0.111. The molecule has 1 heterocycles. The second-order valence-electron chi connectivity index (χ2n) is 9.52. The van der Waals surface area contributed by atoms with Crippen LogP contribution in [-0.4, -0.2) is 30.3 Å². The van der Waals surface area contributed by atoms with Crippen molar-refractivity contribution >= 4 is 63.2 Å². The van der Waals surface area contributed by atoms with Crippen molar-refractivity contribution in [3.05, 3.63) is 106 Å². The fraction of sp³-hybridized carbons (Fsp3) is 0.212. The predicted molar refractivity (Wildman–Crippen MR) is 173 cm³/mol. The number of benzene rings is 3. The van der Waals surface area contributed by atoms with Crippen LogP contribution in [-0.2, 0) is 14.3 Å². The van der Waals surface area contributed by atoms with E-state index in [4.69, 9.17) is 4.74 Å². The lowest BCUT2D eigenvalue weighted by Crippen LogP contribution is -2.20. The highest BCUT2D eigenvalue weighted by atomic mass is 32.2. The number of hydrogen-bond acceptors (Lipinski definition) is 7. The minimum atomic E-state index is -0.707. The highest BCUT2D eigenvalue weighted by molar-refractivity contribution is 8.00. The first-order chi connectivity index (χ1) is 20.8. The van der Waals surface area contributed by atoms with Crippen molar-refractivity contribution in [3.8, 4) is 0 Å². The van der Waals surface area contributed by atoms with Gasteiger partial charge in [0.25, 0.3) is 5.91 Å². The van der Waals surface area contributed by atoms with Crippen LogP contribution in [0.1, 0.15) is 63.1 Å². The molecule has 222 valence electrons. The standard InChI is InChI=1S/C33H33N3O5S2/c1-4-13-26(37)34-24-18-12-19-25(20-24)42-29(22-14-8-6-9-15-22)31(39)36-32-27(33(40)41-5-2)21(3)28(43-32)30(38)35-23-16-10-7-11-17-23/h6-12,14-20,29H,4-5,13H2,1-3H3,(H,34,37)(H,35,38)(H,36,39). The maximum absolute atomic E-state index is 13.9. The molecule has 3 N–H and O–H groups in total. The Balaban J connectivity index is 1.65. The van der Waals surface area contributed by atoms with Gasteiger partial charge in [0.05, 0.1) is 17.0 Å². The molecule has 0 bridgehead atoms. The molecule has 0 aliphatic rings. The van der Waals surface area contributed by atoms with E-state index in [1.54, 1.807) is 32.0 Å². The summed E-state index contributed by atoms with van der Waals surface area (Å²) in [5.41, 5.74) is 2.57. The number of carbonyl (C=O) groups is 4. The van der Waals surface area contributed by atoms with Crippen LogP contribution in [0.5, 0.6) is 0 Å². The summed E-state index contributed by atoms with van der Waals surface area (Å²) in [5.74, 6) is -1.47. The topological polar surface area (TPSA) is 114 Å². The van der Waals surface area contributed by atoms with Crippen molar-refractivity contribution in [1.29, 1.82) is 0 Å². The van der Waals surface area contributed by atoms with Gasteiger partial charge in [-0.15, -0.1) is 23.1 Å². The van der Waals surface area contributed by atoms with Gasteiger partial charge in [-0.1, -0.05) is 61.5 Å². The van der Waals surface area contributed by atoms with E-state index in [0.29, 0.717) is 28.2 Å². The monoisotopic (exact) mass is 615 g/mol. The molecule has 4 aromatic rings. The zero-order valence-electron chi connectivity index (χ0n) is 24.1. The van der Waals surface area contributed by atoms with Crippen LogP contribution in [0.15, 0.2) is 89.8 Å². The predicted octanol–water partition coefficient (Wildman–Crippen LogP) is 7.70. The highest BCUT2D eigenvalue weighted by Gasteiger charge is 2.29. The third-order valence-corrected chi connectivity index (χ3v) is 8.74. The average molecular weight is 616 g/mol. The fourth-order valence-electron chi connectivity index (χ4n) is 4.29. The van der Waals surface area contributed by atoms with E-state index in [9.17, 15) is 19.2 Å². The van der Waals surface area contributed by atoms with Gasteiger partial charge in [0.15, 0.2) is 0 Å². The first kappa shape index (κ1) is 31.5. The molecule has 3 amide bonds. The SMILES string of the molecule is CCCC(=O)Nc1cccc(SC(C(=O)Nc2sc(C(=O)Nc3ccccc3)c(C)c2C(=O)OCC)c2ccccc2)c1. The normalized spacial score (nSPS) is 11.3. The van der Waals surface area contributed by atoms with Gasteiger partial charge in [-0.2, -0.15) is 0 Å². The molecule has 10 heteroatoms. The smallest absolute Gasteiger partial charge is 0.341 e. The Bertz CT molecular complexity index is 1590. The second-order valence-corrected chi connectivity index (χ2v) is 11.7. The summed E-state index contributed by atoms with van der Waals surface area (Å²) in [7, 11) is 0. The number of amides is 3. The number of thiophene rings is 1. The summed E-state index contributed by atoms with van der Waals surface area (Å²) in [6, 6.07) is 25.6. The third kappa shape index (κ3) is 8.33. The lowest BCUT2D eigenvalue weighted by atomic mass is 10.1. The van der Waals surface area contributed by atoms with Crippen LogP contribution in [0.25, 0.3) is 0 Å². The van der Waals surface area contributed by atoms with Crippen molar-refractivity contribution in [1.82, 2.24) is 0 Å². The largest absolute Gasteiger partial charge is 0.462 e.